The molecule has 2 saturated heterocycles. The Morgan fingerprint density at radius 2 is 1.74 bits per heavy atom. The van der Waals surface area contributed by atoms with E-state index >= 15 is 0 Å². The van der Waals surface area contributed by atoms with E-state index in [-0.39, 0.29) is 29.7 Å². The number of amides is 2. The lowest BCUT2D eigenvalue weighted by molar-refractivity contribution is -0.137. The lowest BCUT2D eigenvalue weighted by Gasteiger charge is -2.33. The van der Waals surface area contributed by atoms with Crippen LogP contribution in [0.15, 0.2) is 71.3 Å². The van der Waals surface area contributed by atoms with E-state index in [0.29, 0.717) is 49.5 Å². The Bertz CT molecular complexity index is 1630. The fourth-order valence-electron chi connectivity index (χ4n) is 5.53. The van der Waals surface area contributed by atoms with Crippen molar-refractivity contribution in [3.63, 3.8) is 0 Å². The minimum atomic E-state index is -4.35. The van der Waals surface area contributed by atoms with Crippen molar-refractivity contribution >= 4 is 51.1 Å². The molecular weight excluding hydrogens is 676 g/mol. The van der Waals surface area contributed by atoms with Crippen LogP contribution in [-0.4, -0.2) is 60.0 Å². The third-order valence-electron chi connectivity index (χ3n) is 7.80. The molecule has 4 heterocycles. The summed E-state index contributed by atoms with van der Waals surface area (Å²) in [5.74, 6) is 0.417. The number of rotatable bonds is 6. The Morgan fingerprint density at radius 1 is 0.977 bits per heavy atom. The van der Waals surface area contributed by atoms with Gasteiger partial charge in [-0.15, -0.1) is 0 Å². The summed E-state index contributed by atoms with van der Waals surface area (Å²) in [5.41, 5.74) is 1.24. The highest BCUT2D eigenvalue weighted by Gasteiger charge is 2.31. The molecule has 0 radical (unpaired) electrons. The van der Waals surface area contributed by atoms with E-state index < -0.39 is 11.7 Å². The molecule has 0 spiro atoms. The molecule has 1 atom stereocenters. The Balaban J connectivity index is 1.02. The number of aromatic nitrogens is 1. The summed E-state index contributed by atoms with van der Waals surface area (Å²) < 4.78 is 51.4. The number of carbonyl (C=O) groups is 2. The Kier molecular flexibility index (Phi) is 8.21. The smallest absolute Gasteiger partial charge is 0.416 e. The van der Waals surface area contributed by atoms with Gasteiger partial charge in [-0.2, -0.15) is 13.2 Å². The van der Waals surface area contributed by atoms with Gasteiger partial charge in [-0.05, 0) is 89.7 Å². The molecule has 2 aliphatic heterocycles. The van der Waals surface area contributed by atoms with Crippen LogP contribution in [0, 0.1) is 3.70 Å². The van der Waals surface area contributed by atoms with Crippen molar-refractivity contribution in [1.82, 2.24) is 15.2 Å². The molecule has 2 aromatic heterocycles. The van der Waals surface area contributed by atoms with E-state index in [1.165, 1.54) is 12.1 Å². The number of alkyl halides is 3. The molecule has 1 unspecified atom stereocenters. The lowest BCUT2D eigenvalue weighted by Crippen LogP contribution is -2.38. The number of piperidine rings is 1. The fourth-order valence-corrected chi connectivity index (χ4v) is 6.03. The maximum Gasteiger partial charge on any atom is 0.416 e. The standard InChI is InChI=1S/C31H28F3IN4O4/c32-31(33,34)21-1-3-23(4-2-21)38-13-9-24(10-14-38)42-25-5-6-26-20(15-25)16-27(43-26)29(40)37-22-8-12-39(18-22)30(41)19-7-11-36-28(35)17-19/h1-7,11,15-17,22,24H,8-10,12-14,18H2,(H,37,40). The number of benzene rings is 2. The van der Waals surface area contributed by atoms with Gasteiger partial charge in [0.2, 0.25) is 0 Å². The number of hydrogen-bond donors (Lipinski definition) is 1. The summed E-state index contributed by atoms with van der Waals surface area (Å²) in [4.78, 5) is 33.7. The van der Waals surface area contributed by atoms with Crippen LogP contribution in [0.2, 0.25) is 0 Å². The molecule has 2 aliphatic rings. The monoisotopic (exact) mass is 704 g/mol. The predicted octanol–water partition coefficient (Wildman–Crippen LogP) is 6.14. The molecule has 1 N–H and O–H groups in total. The number of furan rings is 1. The SMILES string of the molecule is O=C(NC1CCN(C(=O)c2ccnc(I)c2)C1)c1cc2cc(OC3CCN(c4ccc(C(F)(F)F)cc4)CC3)ccc2o1. The van der Waals surface area contributed by atoms with Gasteiger partial charge in [0.05, 0.1) is 5.56 Å². The highest BCUT2D eigenvalue weighted by atomic mass is 127. The molecule has 43 heavy (non-hydrogen) atoms. The van der Waals surface area contributed by atoms with E-state index in [1.807, 2.05) is 6.07 Å². The minimum absolute atomic E-state index is 0.0403. The predicted molar refractivity (Wildman–Crippen MR) is 162 cm³/mol. The van der Waals surface area contributed by atoms with Gasteiger partial charge in [-0.1, -0.05) is 0 Å². The first kappa shape index (κ1) is 29.3. The summed E-state index contributed by atoms with van der Waals surface area (Å²) in [7, 11) is 0. The van der Waals surface area contributed by atoms with Gasteiger partial charge >= 0.3 is 6.18 Å². The van der Waals surface area contributed by atoms with Crippen LogP contribution < -0.4 is 15.0 Å². The zero-order valence-corrected chi connectivity index (χ0v) is 25.1. The van der Waals surface area contributed by atoms with E-state index in [9.17, 15) is 22.8 Å². The molecular formula is C31H28F3IN4O4. The maximum absolute atomic E-state index is 13.0. The van der Waals surface area contributed by atoms with Crippen molar-refractivity contribution in [2.75, 3.05) is 31.1 Å². The van der Waals surface area contributed by atoms with Crippen LogP contribution in [0.25, 0.3) is 11.0 Å². The van der Waals surface area contributed by atoms with Gasteiger partial charge < -0.3 is 24.3 Å². The van der Waals surface area contributed by atoms with Crippen molar-refractivity contribution in [2.45, 2.75) is 37.6 Å². The van der Waals surface area contributed by atoms with Gasteiger partial charge in [0.1, 0.15) is 21.1 Å². The van der Waals surface area contributed by atoms with Crippen LogP contribution in [0.4, 0.5) is 18.9 Å². The second-order valence-corrected chi connectivity index (χ2v) is 11.8. The second kappa shape index (κ2) is 12.1. The van der Waals surface area contributed by atoms with Crippen LogP contribution >= 0.6 is 22.6 Å². The van der Waals surface area contributed by atoms with Gasteiger partial charge in [-0.25, -0.2) is 0 Å². The second-order valence-electron chi connectivity index (χ2n) is 10.7. The van der Waals surface area contributed by atoms with Crippen LogP contribution in [0.5, 0.6) is 5.75 Å². The molecule has 0 aliphatic carbocycles. The number of hydrogen-bond acceptors (Lipinski definition) is 6. The number of halogens is 4. The first-order valence-corrected chi connectivity index (χ1v) is 15.0. The molecule has 224 valence electrons. The summed E-state index contributed by atoms with van der Waals surface area (Å²) in [5, 5.41) is 3.72. The van der Waals surface area contributed by atoms with Gasteiger partial charge in [0.25, 0.3) is 11.8 Å². The molecule has 2 amide bonds. The zero-order valence-electron chi connectivity index (χ0n) is 22.9. The van der Waals surface area contributed by atoms with Crippen LogP contribution in [0.1, 0.15) is 45.7 Å². The Morgan fingerprint density at radius 3 is 2.47 bits per heavy atom. The lowest BCUT2D eigenvalue weighted by atomic mass is 10.1. The highest BCUT2D eigenvalue weighted by molar-refractivity contribution is 14.1. The summed E-state index contributed by atoms with van der Waals surface area (Å²) >= 11 is 2.07. The summed E-state index contributed by atoms with van der Waals surface area (Å²) in [6, 6.07) is 15.6. The Hall–Kier alpha value is -3.81. The largest absolute Gasteiger partial charge is 0.490 e. The average Bonchev–Trinajstić information content (AvgIpc) is 3.64. The number of nitrogens with zero attached hydrogens (tertiary/aromatic N) is 3. The van der Waals surface area contributed by atoms with Crippen molar-refractivity contribution in [3.8, 4) is 5.75 Å². The van der Waals surface area contributed by atoms with Gasteiger partial charge in [0.15, 0.2) is 5.76 Å². The van der Waals surface area contributed by atoms with Crippen LogP contribution in [0.3, 0.4) is 0 Å². The third kappa shape index (κ3) is 6.73. The van der Waals surface area contributed by atoms with E-state index in [1.54, 1.807) is 41.4 Å². The molecule has 0 saturated carbocycles. The quantitative estimate of drug-likeness (QED) is 0.192. The molecule has 4 aromatic rings. The molecule has 2 fully saturated rings. The summed E-state index contributed by atoms with van der Waals surface area (Å²) in [6.07, 6.45) is -0.687. The number of carbonyl (C=O) groups excluding carboxylic acids is 2. The van der Waals surface area contributed by atoms with E-state index in [0.717, 1.165) is 39.7 Å². The minimum Gasteiger partial charge on any atom is -0.490 e. The number of ether oxygens (including phenoxy) is 1. The number of fused-ring (bicyclic) bond motifs is 1. The molecule has 2 aromatic carbocycles. The molecule has 12 heteroatoms. The fraction of sp³-hybridized carbons (Fsp3) is 0.323. The van der Waals surface area contributed by atoms with Gasteiger partial charge in [0, 0.05) is 67.9 Å². The van der Waals surface area contributed by atoms with Gasteiger partial charge in [-0.3, -0.25) is 14.6 Å². The normalized spacial score (nSPS) is 17.8. The van der Waals surface area contributed by atoms with Crippen LogP contribution in [-0.2, 0) is 6.18 Å². The first-order chi connectivity index (χ1) is 20.6. The number of nitrogens with one attached hydrogen (secondary N) is 1. The van der Waals surface area contributed by atoms with Crippen molar-refractivity contribution in [1.29, 1.82) is 0 Å². The molecule has 0 bridgehead atoms. The maximum atomic E-state index is 13.0. The number of anilines is 1. The number of pyridine rings is 1. The molecule has 8 nitrogen and oxygen atoms in total. The molecule has 6 rings (SSSR count). The first-order valence-electron chi connectivity index (χ1n) is 14.0. The van der Waals surface area contributed by atoms with Crippen molar-refractivity contribution in [2.24, 2.45) is 0 Å². The van der Waals surface area contributed by atoms with Crippen molar-refractivity contribution in [3.05, 3.63) is 87.4 Å². The summed E-state index contributed by atoms with van der Waals surface area (Å²) in [6.45, 7) is 2.30. The Labute approximate surface area is 259 Å². The van der Waals surface area contributed by atoms with E-state index in [4.69, 9.17) is 9.15 Å². The third-order valence-corrected chi connectivity index (χ3v) is 8.39. The van der Waals surface area contributed by atoms with Crippen molar-refractivity contribution < 1.29 is 31.9 Å². The number of likely N-dealkylation sites (tertiary alicyclic amines) is 1. The zero-order chi connectivity index (χ0) is 30.1. The highest BCUT2D eigenvalue weighted by Crippen LogP contribution is 2.32. The topological polar surface area (TPSA) is 87.9 Å². The average molecular weight is 704 g/mol. The van der Waals surface area contributed by atoms with E-state index in [2.05, 4.69) is 37.8 Å².